The third-order valence-corrected chi connectivity index (χ3v) is 6.79. The summed E-state index contributed by atoms with van der Waals surface area (Å²) in [6, 6.07) is 17.7. The van der Waals surface area contributed by atoms with Gasteiger partial charge in [-0.15, -0.1) is 0 Å². The number of rotatable bonds is 5. The number of carbonyl (C=O) groups is 1. The molecule has 1 saturated heterocycles. The number of hydrogen-bond donors (Lipinski definition) is 1. The number of nitrogens with one attached hydrogen (secondary N) is 1. The van der Waals surface area contributed by atoms with Crippen LogP contribution in [-0.4, -0.2) is 35.5 Å². The highest BCUT2D eigenvalue weighted by Gasteiger charge is 2.25. The Morgan fingerprint density at radius 3 is 2.62 bits per heavy atom. The fraction of sp³-hybridized carbons (Fsp3) is 0.259. The smallest absolute Gasteiger partial charge is 0.227 e. The Balaban J connectivity index is 1.29. The van der Waals surface area contributed by atoms with Crippen molar-refractivity contribution < 1.29 is 9.53 Å². The zero-order valence-electron chi connectivity index (χ0n) is 19.3. The zero-order valence-corrected chi connectivity index (χ0v) is 20.0. The first kappa shape index (κ1) is 22.3. The first-order valence-corrected chi connectivity index (χ1v) is 11.8. The Hall–Kier alpha value is -3.51. The number of fused-ring (bicyclic) bond motifs is 1. The molecule has 1 aliphatic rings. The summed E-state index contributed by atoms with van der Waals surface area (Å²) in [5.74, 6) is 0.795. The van der Waals surface area contributed by atoms with Crippen molar-refractivity contribution in [2.75, 3.05) is 30.4 Å². The van der Waals surface area contributed by atoms with Crippen LogP contribution < -0.4 is 15.0 Å². The molecule has 1 N–H and O–H groups in total. The van der Waals surface area contributed by atoms with E-state index in [1.165, 1.54) is 0 Å². The molecular weight excluding hydrogens is 448 g/mol. The number of imidazole rings is 1. The second-order valence-electron chi connectivity index (χ2n) is 8.69. The van der Waals surface area contributed by atoms with E-state index in [0.717, 1.165) is 59.8 Å². The van der Waals surface area contributed by atoms with Gasteiger partial charge < -0.3 is 19.4 Å². The van der Waals surface area contributed by atoms with E-state index in [1.54, 1.807) is 7.11 Å². The van der Waals surface area contributed by atoms with Gasteiger partial charge in [0.2, 0.25) is 5.91 Å². The van der Waals surface area contributed by atoms with Crippen LogP contribution in [0, 0.1) is 12.8 Å². The predicted molar refractivity (Wildman–Crippen MR) is 137 cm³/mol. The van der Waals surface area contributed by atoms with Crippen LogP contribution in [-0.2, 0) is 4.79 Å². The molecule has 4 aromatic rings. The molecule has 0 unspecified atom stereocenters. The van der Waals surface area contributed by atoms with Crippen LogP contribution in [0.5, 0.6) is 5.75 Å². The first-order chi connectivity index (χ1) is 16.5. The van der Waals surface area contributed by atoms with Gasteiger partial charge in [0.15, 0.2) is 0 Å². The molecule has 174 valence electrons. The quantitative estimate of drug-likeness (QED) is 0.395. The lowest BCUT2D eigenvalue weighted by molar-refractivity contribution is -0.120. The Bertz CT molecular complexity index is 1330. The normalized spacial score (nSPS) is 14.4. The molecule has 2 aromatic heterocycles. The fourth-order valence-electron chi connectivity index (χ4n) is 4.55. The van der Waals surface area contributed by atoms with Gasteiger partial charge in [0.25, 0.3) is 0 Å². The van der Waals surface area contributed by atoms with Crippen LogP contribution in [0.2, 0.25) is 5.02 Å². The molecule has 1 amide bonds. The number of halogens is 1. The van der Waals surface area contributed by atoms with E-state index in [-0.39, 0.29) is 11.8 Å². The lowest BCUT2D eigenvalue weighted by Gasteiger charge is -2.33. The van der Waals surface area contributed by atoms with E-state index in [9.17, 15) is 4.79 Å². The van der Waals surface area contributed by atoms with Gasteiger partial charge in [0.1, 0.15) is 11.4 Å². The van der Waals surface area contributed by atoms with Crippen molar-refractivity contribution in [1.82, 2.24) is 9.38 Å². The van der Waals surface area contributed by atoms with Gasteiger partial charge in [-0.2, -0.15) is 0 Å². The number of amides is 1. The molecule has 0 spiro atoms. The Kier molecular flexibility index (Phi) is 6.16. The molecule has 0 atom stereocenters. The van der Waals surface area contributed by atoms with Gasteiger partial charge in [-0.1, -0.05) is 29.8 Å². The van der Waals surface area contributed by atoms with Crippen LogP contribution in [0.25, 0.3) is 16.9 Å². The molecule has 7 heteroatoms. The molecule has 34 heavy (non-hydrogen) atoms. The van der Waals surface area contributed by atoms with E-state index < -0.39 is 0 Å². The van der Waals surface area contributed by atoms with Crippen molar-refractivity contribution in [3.63, 3.8) is 0 Å². The summed E-state index contributed by atoms with van der Waals surface area (Å²) in [4.78, 5) is 19.8. The van der Waals surface area contributed by atoms with Gasteiger partial charge in [0.05, 0.1) is 17.8 Å². The maximum absolute atomic E-state index is 12.7. The SMILES string of the molecule is COc1cc(C)c(-c2cn3ccc(N4CCC(C(=O)Nc5ccccc5)CC4)cc3n2)cc1Cl. The number of carbonyl (C=O) groups excluding carboxylic acids is 1. The van der Waals surface area contributed by atoms with Crippen molar-refractivity contribution in [2.45, 2.75) is 19.8 Å². The number of anilines is 2. The second kappa shape index (κ2) is 9.39. The molecule has 5 rings (SSSR count). The summed E-state index contributed by atoms with van der Waals surface area (Å²) in [6.45, 7) is 3.70. The molecule has 0 bridgehead atoms. The molecule has 1 aliphatic heterocycles. The zero-order chi connectivity index (χ0) is 23.7. The van der Waals surface area contributed by atoms with E-state index in [1.807, 2.05) is 66.2 Å². The van der Waals surface area contributed by atoms with E-state index >= 15 is 0 Å². The highest BCUT2D eigenvalue weighted by molar-refractivity contribution is 6.32. The van der Waals surface area contributed by atoms with Crippen LogP contribution in [0.3, 0.4) is 0 Å². The van der Waals surface area contributed by atoms with Gasteiger partial charge in [-0.25, -0.2) is 4.98 Å². The molecule has 0 saturated carbocycles. The van der Waals surface area contributed by atoms with Crippen molar-refractivity contribution in [1.29, 1.82) is 0 Å². The number of aryl methyl sites for hydroxylation is 1. The van der Waals surface area contributed by atoms with Crippen molar-refractivity contribution in [3.05, 3.63) is 77.6 Å². The number of pyridine rings is 1. The number of benzene rings is 2. The van der Waals surface area contributed by atoms with Gasteiger partial charge in [-0.05, 0) is 55.7 Å². The largest absolute Gasteiger partial charge is 0.495 e. The minimum absolute atomic E-state index is 0.0287. The molecule has 1 fully saturated rings. The van der Waals surface area contributed by atoms with E-state index in [4.69, 9.17) is 21.3 Å². The topological polar surface area (TPSA) is 58.9 Å². The molecular formula is C27H27ClN4O2. The van der Waals surface area contributed by atoms with Crippen LogP contribution >= 0.6 is 11.6 Å². The lowest BCUT2D eigenvalue weighted by Crippen LogP contribution is -2.38. The van der Waals surface area contributed by atoms with Crippen LogP contribution in [0.15, 0.2) is 67.0 Å². The lowest BCUT2D eigenvalue weighted by atomic mass is 9.95. The third kappa shape index (κ3) is 4.46. The highest BCUT2D eigenvalue weighted by Crippen LogP contribution is 2.34. The average molecular weight is 475 g/mol. The predicted octanol–water partition coefficient (Wildman–Crippen LogP) is 5.83. The van der Waals surface area contributed by atoms with Gasteiger partial charge >= 0.3 is 0 Å². The van der Waals surface area contributed by atoms with Crippen molar-refractivity contribution in [3.8, 4) is 17.0 Å². The number of methoxy groups -OCH3 is 1. The monoisotopic (exact) mass is 474 g/mol. The summed E-state index contributed by atoms with van der Waals surface area (Å²) in [7, 11) is 1.62. The third-order valence-electron chi connectivity index (χ3n) is 6.49. The highest BCUT2D eigenvalue weighted by atomic mass is 35.5. The maximum atomic E-state index is 12.7. The summed E-state index contributed by atoms with van der Waals surface area (Å²) in [6.07, 6.45) is 5.71. The number of aromatic nitrogens is 2. The van der Waals surface area contributed by atoms with Crippen molar-refractivity contribution in [2.24, 2.45) is 5.92 Å². The summed E-state index contributed by atoms with van der Waals surface area (Å²) >= 11 is 6.36. The van der Waals surface area contributed by atoms with Gasteiger partial charge in [-0.3, -0.25) is 4.79 Å². The molecule has 0 aliphatic carbocycles. The van der Waals surface area contributed by atoms with E-state index in [0.29, 0.717) is 10.8 Å². The number of para-hydroxylation sites is 1. The first-order valence-electron chi connectivity index (χ1n) is 11.5. The molecule has 2 aromatic carbocycles. The summed E-state index contributed by atoms with van der Waals surface area (Å²) in [5.41, 5.74) is 5.76. The number of ether oxygens (including phenoxy) is 1. The summed E-state index contributed by atoms with van der Waals surface area (Å²) < 4.78 is 7.35. The van der Waals surface area contributed by atoms with Crippen LogP contribution in [0.4, 0.5) is 11.4 Å². The standard InChI is InChI=1S/C27H27ClN4O2/c1-18-14-25(34-2)23(28)16-22(18)24-17-32-13-10-21(15-26(32)30-24)31-11-8-19(9-12-31)27(33)29-20-6-4-3-5-7-20/h3-7,10,13-17,19H,8-9,11-12H2,1-2H3,(H,29,33). The number of hydrogen-bond acceptors (Lipinski definition) is 4. The van der Waals surface area contributed by atoms with Crippen LogP contribution in [0.1, 0.15) is 18.4 Å². The van der Waals surface area contributed by atoms with Gasteiger partial charge in [0, 0.05) is 54.4 Å². The molecule has 0 radical (unpaired) electrons. The Morgan fingerprint density at radius 2 is 1.88 bits per heavy atom. The minimum Gasteiger partial charge on any atom is -0.495 e. The number of piperidine rings is 1. The fourth-order valence-corrected chi connectivity index (χ4v) is 4.79. The van der Waals surface area contributed by atoms with Crippen molar-refractivity contribution >= 4 is 34.5 Å². The molecule has 3 heterocycles. The molecule has 6 nitrogen and oxygen atoms in total. The summed E-state index contributed by atoms with van der Waals surface area (Å²) in [5, 5.41) is 3.61. The Labute approximate surface area is 204 Å². The maximum Gasteiger partial charge on any atom is 0.227 e. The average Bonchev–Trinajstić information content (AvgIpc) is 3.29. The second-order valence-corrected chi connectivity index (χ2v) is 9.10. The minimum atomic E-state index is 0.0287. The number of nitrogens with zero attached hydrogens (tertiary/aromatic N) is 3. The Morgan fingerprint density at radius 1 is 1.12 bits per heavy atom. The van der Waals surface area contributed by atoms with E-state index in [2.05, 4.69) is 22.3 Å².